The molecule has 0 amide bonds. The summed E-state index contributed by atoms with van der Waals surface area (Å²) >= 11 is 0. The van der Waals surface area contributed by atoms with Crippen LogP contribution < -0.4 is 5.32 Å². The third-order valence-electron chi connectivity index (χ3n) is 3.11. The Morgan fingerprint density at radius 1 is 1.44 bits per heavy atom. The van der Waals surface area contributed by atoms with E-state index in [9.17, 15) is 5.11 Å². The number of rotatable bonds is 2. The second kappa shape index (κ2) is 3.84. The molecule has 0 aliphatic carbocycles. The molecule has 1 saturated heterocycles. The Kier molecular flexibility index (Phi) is 2.34. The summed E-state index contributed by atoms with van der Waals surface area (Å²) in [7, 11) is 0. The predicted octanol–water partition coefficient (Wildman–Crippen LogP) is -0.148. The summed E-state index contributed by atoms with van der Waals surface area (Å²) in [6.07, 6.45) is 7.97. The van der Waals surface area contributed by atoms with E-state index in [2.05, 4.69) is 15.3 Å². The first kappa shape index (κ1) is 9.74. The standard InChI is InChI=1S/C11H14N4O/c16-10-5-12-4-8(10)3-9-7-15-2-1-13-11(15)6-14-9/h1-2,6-8,10,12,16H,3-5H2/t8-,10+/m0/s1. The molecule has 0 bridgehead atoms. The van der Waals surface area contributed by atoms with E-state index in [1.165, 1.54) is 0 Å². The van der Waals surface area contributed by atoms with Gasteiger partial charge in [0.25, 0.3) is 0 Å². The fourth-order valence-corrected chi connectivity index (χ4v) is 2.17. The van der Waals surface area contributed by atoms with Crippen LogP contribution in [0.1, 0.15) is 5.69 Å². The quantitative estimate of drug-likeness (QED) is 0.736. The average Bonchev–Trinajstić information content (AvgIpc) is 2.88. The highest BCUT2D eigenvalue weighted by molar-refractivity contribution is 5.34. The van der Waals surface area contributed by atoms with Crippen molar-refractivity contribution in [3.8, 4) is 0 Å². The van der Waals surface area contributed by atoms with Crippen LogP contribution in [-0.4, -0.2) is 38.7 Å². The van der Waals surface area contributed by atoms with Crippen LogP contribution in [0.25, 0.3) is 5.65 Å². The highest BCUT2D eigenvalue weighted by Crippen LogP contribution is 2.14. The largest absolute Gasteiger partial charge is 0.391 e. The number of β-amino-alcohol motifs (C(OH)–C–C–N with tert-alkyl or cyclic N) is 1. The van der Waals surface area contributed by atoms with Crippen molar-refractivity contribution in [2.24, 2.45) is 5.92 Å². The van der Waals surface area contributed by atoms with Crippen molar-refractivity contribution in [3.05, 3.63) is 30.5 Å². The minimum absolute atomic E-state index is 0.250. The van der Waals surface area contributed by atoms with Crippen LogP contribution in [0.5, 0.6) is 0 Å². The molecule has 2 atom stereocenters. The Balaban J connectivity index is 1.83. The number of hydrogen-bond donors (Lipinski definition) is 2. The number of imidazole rings is 1. The van der Waals surface area contributed by atoms with E-state index < -0.39 is 0 Å². The number of aliphatic hydroxyl groups excluding tert-OH is 1. The van der Waals surface area contributed by atoms with Gasteiger partial charge < -0.3 is 14.8 Å². The molecule has 2 aromatic rings. The smallest absolute Gasteiger partial charge is 0.155 e. The summed E-state index contributed by atoms with van der Waals surface area (Å²) in [5.74, 6) is 0.272. The summed E-state index contributed by atoms with van der Waals surface area (Å²) < 4.78 is 1.96. The Labute approximate surface area is 93.2 Å². The average molecular weight is 218 g/mol. The molecule has 1 fully saturated rings. The zero-order valence-corrected chi connectivity index (χ0v) is 8.87. The molecule has 3 rings (SSSR count). The Bertz CT molecular complexity index is 495. The van der Waals surface area contributed by atoms with E-state index in [4.69, 9.17) is 0 Å². The van der Waals surface area contributed by atoms with Gasteiger partial charge in [-0.3, -0.25) is 4.98 Å². The molecule has 0 saturated carbocycles. The van der Waals surface area contributed by atoms with Gasteiger partial charge in [0, 0.05) is 37.6 Å². The van der Waals surface area contributed by atoms with Crippen LogP contribution in [0.3, 0.4) is 0 Å². The molecule has 0 aromatic carbocycles. The Morgan fingerprint density at radius 2 is 2.38 bits per heavy atom. The fourth-order valence-electron chi connectivity index (χ4n) is 2.17. The summed E-state index contributed by atoms with van der Waals surface area (Å²) in [5, 5.41) is 12.9. The minimum atomic E-state index is -0.250. The van der Waals surface area contributed by atoms with Crippen molar-refractivity contribution in [1.29, 1.82) is 0 Å². The summed E-state index contributed by atoms with van der Waals surface area (Å²) in [5.41, 5.74) is 1.85. The van der Waals surface area contributed by atoms with Crippen molar-refractivity contribution in [3.63, 3.8) is 0 Å². The first-order valence-electron chi connectivity index (χ1n) is 5.49. The lowest BCUT2D eigenvalue weighted by Crippen LogP contribution is -2.20. The topological polar surface area (TPSA) is 62.5 Å². The van der Waals surface area contributed by atoms with Gasteiger partial charge in [-0.2, -0.15) is 0 Å². The van der Waals surface area contributed by atoms with E-state index >= 15 is 0 Å². The molecule has 3 heterocycles. The third-order valence-corrected chi connectivity index (χ3v) is 3.11. The van der Waals surface area contributed by atoms with Crippen molar-refractivity contribution in [2.75, 3.05) is 13.1 Å². The maximum atomic E-state index is 9.71. The lowest BCUT2D eigenvalue weighted by molar-refractivity contribution is 0.147. The Hall–Kier alpha value is -1.46. The van der Waals surface area contributed by atoms with Crippen molar-refractivity contribution < 1.29 is 5.11 Å². The highest BCUT2D eigenvalue weighted by atomic mass is 16.3. The van der Waals surface area contributed by atoms with Crippen LogP contribution in [0.4, 0.5) is 0 Å². The lowest BCUT2D eigenvalue weighted by atomic mass is 10.0. The zero-order valence-electron chi connectivity index (χ0n) is 8.87. The van der Waals surface area contributed by atoms with Gasteiger partial charge >= 0.3 is 0 Å². The van der Waals surface area contributed by atoms with E-state index in [0.29, 0.717) is 6.54 Å². The molecule has 2 N–H and O–H groups in total. The first-order valence-corrected chi connectivity index (χ1v) is 5.49. The number of aromatic nitrogens is 3. The molecule has 5 heteroatoms. The molecule has 0 unspecified atom stereocenters. The van der Waals surface area contributed by atoms with Gasteiger partial charge in [0.2, 0.25) is 0 Å². The molecule has 1 aliphatic heterocycles. The molecular formula is C11H14N4O. The number of hydrogen-bond acceptors (Lipinski definition) is 4. The number of aliphatic hydroxyl groups is 1. The number of fused-ring (bicyclic) bond motifs is 1. The maximum Gasteiger partial charge on any atom is 0.155 e. The molecule has 2 aromatic heterocycles. The van der Waals surface area contributed by atoms with Gasteiger partial charge in [-0.05, 0) is 6.42 Å². The molecule has 1 aliphatic rings. The van der Waals surface area contributed by atoms with Crippen molar-refractivity contribution in [1.82, 2.24) is 19.7 Å². The summed E-state index contributed by atoms with van der Waals surface area (Å²) in [6.45, 7) is 1.56. The predicted molar refractivity (Wildman–Crippen MR) is 59.1 cm³/mol. The normalized spacial score (nSPS) is 25.3. The van der Waals surface area contributed by atoms with E-state index in [1.54, 1.807) is 12.4 Å². The summed E-state index contributed by atoms with van der Waals surface area (Å²) in [4.78, 5) is 8.50. The molecule has 0 radical (unpaired) electrons. The van der Waals surface area contributed by atoms with Gasteiger partial charge in [-0.1, -0.05) is 0 Å². The Morgan fingerprint density at radius 3 is 3.19 bits per heavy atom. The third kappa shape index (κ3) is 1.68. The van der Waals surface area contributed by atoms with Crippen LogP contribution in [0.2, 0.25) is 0 Å². The fraction of sp³-hybridized carbons (Fsp3) is 0.455. The van der Waals surface area contributed by atoms with Crippen LogP contribution in [0, 0.1) is 5.92 Å². The van der Waals surface area contributed by atoms with Crippen LogP contribution in [-0.2, 0) is 6.42 Å². The van der Waals surface area contributed by atoms with Gasteiger partial charge in [0.05, 0.1) is 18.0 Å². The van der Waals surface area contributed by atoms with Crippen molar-refractivity contribution >= 4 is 5.65 Å². The van der Waals surface area contributed by atoms with Crippen molar-refractivity contribution in [2.45, 2.75) is 12.5 Å². The van der Waals surface area contributed by atoms with E-state index in [-0.39, 0.29) is 12.0 Å². The highest BCUT2D eigenvalue weighted by Gasteiger charge is 2.25. The maximum absolute atomic E-state index is 9.71. The number of nitrogens with one attached hydrogen (secondary N) is 1. The van der Waals surface area contributed by atoms with Crippen LogP contribution >= 0.6 is 0 Å². The minimum Gasteiger partial charge on any atom is -0.391 e. The molecule has 5 nitrogen and oxygen atoms in total. The molecule has 84 valence electrons. The van der Waals surface area contributed by atoms with Crippen LogP contribution in [0.15, 0.2) is 24.8 Å². The molecular weight excluding hydrogens is 204 g/mol. The van der Waals surface area contributed by atoms with Gasteiger partial charge in [-0.15, -0.1) is 0 Å². The monoisotopic (exact) mass is 218 g/mol. The second-order valence-corrected chi connectivity index (χ2v) is 4.26. The SMILES string of the molecule is O[C@@H]1CNC[C@@H]1Cc1cn2ccnc2cn1. The molecule has 0 spiro atoms. The van der Waals surface area contributed by atoms with Gasteiger partial charge in [0.15, 0.2) is 5.65 Å². The van der Waals surface area contributed by atoms with E-state index in [1.807, 2.05) is 16.8 Å². The second-order valence-electron chi connectivity index (χ2n) is 4.26. The number of nitrogens with zero attached hydrogens (tertiary/aromatic N) is 3. The lowest BCUT2D eigenvalue weighted by Gasteiger charge is -2.12. The van der Waals surface area contributed by atoms with Gasteiger partial charge in [-0.25, -0.2) is 4.98 Å². The zero-order chi connectivity index (χ0) is 11.0. The molecule has 16 heavy (non-hydrogen) atoms. The van der Waals surface area contributed by atoms with Gasteiger partial charge in [0.1, 0.15) is 0 Å². The summed E-state index contributed by atoms with van der Waals surface area (Å²) in [6, 6.07) is 0. The van der Waals surface area contributed by atoms with E-state index in [0.717, 1.165) is 24.3 Å². The first-order chi connectivity index (χ1) is 7.83.